The van der Waals surface area contributed by atoms with Crippen LogP contribution in [0.5, 0.6) is 0 Å². The molecule has 2 aromatic heterocycles. The first-order valence-corrected chi connectivity index (χ1v) is 11.4. The van der Waals surface area contributed by atoms with E-state index in [-0.39, 0.29) is 0 Å². The smallest absolute Gasteiger partial charge is 0.146 e. The Balaban J connectivity index is 1.62. The predicted octanol–water partition coefficient (Wildman–Crippen LogP) is 6.73. The van der Waals surface area contributed by atoms with Gasteiger partial charge in [0.2, 0.25) is 0 Å². The fourth-order valence-corrected chi connectivity index (χ4v) is 7.61. The zero-order valence-corrected chi connectivity index (χ0v) is 17.4. The Kier molecular flexibility index (Phi) is 3.07. The maximum absolute atomic E-state index is 5.20. The van der Waals surface area contributed by atoms with Gasteiger partial charge in [-0.15, -0.1) is 0 Å². The van der Waals surface area contributed by atoms with Gasteiger partial charge in [0.15, 0.2) is 0 Å². The molecule has 4 aliphatic carbocycles. The zero-order valence-electron chi connectivity index (χ0n) is 17.4. The van der Waals surface area contributed by atoms with Crippen LogP contribution in [0.25, 0.3) is 27.5 Å². The van der Waals surface area contributed by atoms with Gasteiger partial charge in [-0.05, 0) is 105 Å². The van der Waals surface area contributed by atoms with Crippen LogP contribution in [0.3, 0.4) is 0 Å². The van der Waals surface area contributed by atoms with Crippen molar-refractivity contribution in [1.82, 2.24) is 9.38 Å². The van der Waals surface area contributed by atoms with E-state index in [1.807, 2.05) is 0 Å². The quantitative estimate of drug-likeness (QED) is 0.358. The van der Waals surface area contributed by atoms with Gasteiger partial charge in [-0.25, -0.2) is 4.98 Å². The molecule has 0 N–H and O–H groups in total. The number of aromatic nitrogens is 2. The largest absolute Gasteiger partial charge is 0.296 e. The molecule has 29 heavy (non-hydrogen) atoms. The third kappa shape index (κ3) is 2.15. The Morgan fingerprint density at radius 2 is 1.52 bits per heavy atom. The van der Waals surface area contributed by atoms with Crippen molar-refractivity contribution in [2.75, 3.05) is 0 Å². The highest BCUT2D eigenvalue weighted by Gasteiger charge is 2.52. The average molecular weight is 381 g/mol. The van der Waals surface area contributed by atoms with E-state index < -0.39 is 0 Å². The number of rotatable bonds is 1. The summed E-state index contributed by atoms with van der Waals surface area (Å²) in [4.78, 5) is 5.20. The molecule has 4 aromatic rings. The molecule has 2 heterocycles. The van der Waals surface area contributed by atoms with Gasteiger partial charge in [0.1, 0.15) is 5.65 Å². The number of aryl methyl sites for hydroxylation is 2. The van der Waals surface area contributed by atoms with Gasteiger partial charge in [0.25, 0.3) is 0 Å². The molecule has 4 fully saturated rings. The fourth-order valence-electron chi connectivity index (χ4n) is 7.61. The van der Waals surface area contributed by atoms with Crippen molar-refractivity contribution in [2.45, 2.75) is 57.8 Å². The summed E-state index contributed by atoms with van der Waals surface area (Å²) in [5.41, 5.74) is 8.22. The number of fused-ring (bicyclic) bond motifs is 5. The van der Waals surface area contributed by atoms with E-state index in [1.54, 1.807) is 5.69 Å². The molecule has 0 unspecified atom stereocenters. The lowest BCUT2D eigenvalue weighted by Gasteiger charge is -2.57. The minimum absolute atomic E-state index is 0.351. The van der Waals surface area contributed by atoms with Gasteiger partial charge in [0.05, 0.1) is 11.0 Å². The van der Waals surface area contributed by atoms with Crippen LogP contribution >= 0.6 is 0 Å². The van der Waals surface area contributed by atoms with Gasteiger partial charge in [-0.2, -0.15) is 0 Å². The molecular weight excluding hydrogens is 352 g/mol. The minimum Gasteiger partial charge on any atom is -0.296 e. The van der Waals surface area contributed by atoms with E-state index >= 15 is 0 Å². The second-order valence-corrected chi connectivity index (χ2v) is 10.5. The van der Waals surface area contributed by atoms with Crippen molar-refractivity contribution in [2.24, 2.45) is 17.8 Å². The monoisotopic (exact) mass is 380 g/mol. The summed E-state index contributed by atoms with van der Waals surface area (Å²) in [7, 11) is 0. The van der Waals surface area contributed by atoms with Crippen molar-refractivity contribution in [1.29, 1.82) is 0 Å². The summed E-state index contributed by atoms with van der Waals surface area (Å²) < 4.78 is 2.57. The lowest BCUT2D eigenvalue weighted by atomic mass is 9.48. The standard InChI is InChI=1S/C27H28N2/c1-16-7-23-24(8-17(16)2)29-25(12-21-5-3-4-6-22(21)26(29)28-23)27-13-18-9-19(14-27)11-20(10-18)15-27/h3-8,12,18-20H,9-11,13-15H2,1-2H3. The van der Waals surface area contributed by atoms with E-state index in [0.717, 1.165) is 28.9 Å². The van der Waals surface area contributed by atoms with Crippen molar-refractivity contribution in [3.05, 3.63) is 59.3 Å². The molecule has 0 saturated heterocycles. The van der Waals surface area contributed by atoms with Gasteiger partial charge < -0.3 is 0 Å². The molecule has 146 valence electrons. The minimum atomic E-state index is 0.351. The molecule has 0 spiro atoms. The molecule has 0 atom stereocenters. The van der Waals surface area contributed by atoms with Crippen LogP contribution in [0.15, 0.2) is 42.5 Å². The van der Waals surface area contributed by atoms with Crippen LogP contribution in [0.2, 0.25) is 0 Å². The molecule has 0 amide bonds. The first kappa shape index (κ1) is 16.4. The highest BCUT2D eigenvalue weighted by molar-refractivity contribution is 5.99. The van der Waals surface area contributed by atoms with Crippen molar-refractivity contribution >= 4 is 27.5 Å². The zero-order chi connectivity index (χ0) is 19.3. The highest BCUT2D eigenvalue weighted by Crippen LogP contribution is 2.61. The molecule has 0 aliphatic heterocycles. The number of imidazole rings is 1. The molecule has 8 rings (SSSR count). The predicted molar refractivity (Wildman–Crippen MR) is 120 cm³/mol. The summed E-state index contributed by atoms with van der Waals surface area (Å²) >= 11 is 0. The van der Waals surface area contributed by atoms with E-state index in [0.29, 0.717) is 5.41 Å². The SMILES string of the molecule is Cc1cc2nc3c4ccccc4cc(C45CC6CC(CC(C6)C4)C5)n3c2cc1C. The number of hydrogen-bond donors (Lipinski definition) is 0. The van der Waals surface area contributed by atoms with Gasteiger partial charge in [0, 0.05) is 16.5 Å². The van der Waals surface area contributed by atoms with E-state index in [4.69, 9.17) is 4.98 Å². The molecule has 2 heteroatoms. The van der Waals surface area contributed by atoms with Gasteiger partial charge >= 0.3 is 0 Å². The van der Waals surface area contributed by atoms with Crippen molar-refractivity contribution in [3.8, 4) is 0 Å². The lowest BCUT2D eigenvalue weighted by molar-refractivity contribution is -0.00750. The molecule has 4 saturated carbocycles. The number of benzene rings is 2. The van der Waals surface area contributed by atoms with Crippen molar-refractivity contribution < 1.29 is 0 Å². The van der Waals surface area contributed by atoms with Crippen LogP contribution in [0.4, 0.5) is 0 Å². The third-order valence-corrected chi connectivity index (χ3v) is 8.59. The Morgan fingerprint density at radius 3 is 2.24 bits per heavy atom. The van der Waals surface area contributed by atoms with Crippen LogP contribution in [-0.4, -0.2) is 9.38 Å². The van der Waals surface area contributed by atoms with E-state index in [2.05, 4.69) is 60.7 Å². The molecule has 2 nitrogen and oxygen atoms in total. The van der Waals surface area contributed by atoms with Crippen LogP contribution in [-0.2, 0) is 5.41 Å². The topological polar surface area (TPSA) is 17.3 Å². The van der Waals surface area contributed by atoms with E-state index in [9.17, 15) is 0 Å². The summed E-state index contributed by atoms with van der Waals surface area (Å²) in [5, 5.41) is 2.64. The maximum Gasteiger partial charge on any atom is 0.146 e. The second kappa shape index (κ2) is 5.41. The first-order chi connectivity index (χ1) is 14.1. The Morgan fingerprint density at radius 1 is 0.862 bits per heavy atom. The number of hydrogen-bond acceptors (Lipinski definition) is 1. The summed E-state index contributed by atoms with van der Waals surface area (Å²) in [6, 6.07) is 16.1. The number of nitrogens with zero attached hydrogens (tertiary/aromatic N) is 2. The molecular formula is C27H28N2. The summed E-state index contributed by atoms with van der Waals surface area (Å²) in [6.07, 6.45) is 8.61. The first-order valence-electron chi connectivity index (χ1n) is 11.4. The Hall–Kier alpha value is -2.35. The molecule has 2 aromatic carbocycles. The lowest BCUT2D eigenvalue weighted by Crippen LogP contribution is -2.49. The van der Waals surface area contributed by atoms with Gasteiger partial charge in [-0.3, -0.25) is 4.40 Å². The summed E-state index contributed by atoms with van der Waals surface area (Å²) in [5.74, 6) is 2.84. The normalized spacial score (nSPS) is 30.8. The average Bonchev–Trinajstić information content (AvgIpc) is 3.05. The fraction of sp³-hybridized carbons (Fsp3) is 0.444. The Bertz CT molecular complexity index is 1270. The summed E-state index contributed by atoms with van der Waals surface area (Å²) in [6.45, 7) is 4.44. The highest BCUT2D eigenvalue weighted by atomic mass is 15.0. The van der Waals surface area contributed by atoms with Crippen LogP contribution in [0, 0.1) is 31.6 Å². The van der Waals surface area contributed by atoms with Crippen LogP contribution < -0.4 is 0 Å². The number of pyridine rings is 1. The maximum atomic E-state index is 5.20. The Labute approximate surface area is 171 Å². The van der Waals surface area contributed by atoms with E-state index in [1.165, 1.54) is 65.9 Å². The second-order valence-electron chi connectivity index (χ2n) is 10.5. The molecule has 4 bridgehead atoms. The van der Waals surface area contributed by atoms with Crippen LogP contribution in [0.1, 0.15) is 55.3 Å². The molecule has 4 aliphatic rings. The van der Waals surface area contributed by atoms with Gasteiger partial charge in [-0.1, -0.05) is 24.3 Å². The third-order valence-electron chi connectivity index (χ3n) is 8.59. The van der Waals surface area contributed by atoms with Crippen molar-refractivity contribution in [3.63, 3.8) is 0 Å². The molecule has 0 radical (unpaired) electrons.